The van der Waals surface area contributed by atoms with Crippen LogP contribution in [0.3, 0.4) is 0 Å². The summed E-state index contributed by atoms with van der Waals surface area (Å²) in [4.78, 5) is 14.7. The smallest absolute Gasteiger partial charge is 0.152 e. The van der Waals surface area contributed by atoms with Crippen LogP contribution < -0.4 is 0 Å². The first-order valence-corrected chi connectivity index (χ1v) is 5.69. The first kappa shape index (κ1) is 9.36. The number of hydrogen-bond acceptors (Lipinski definition) is 3. The van der Waals surface area contributed by atoms with Crippen molar-refractivity contribution >= 4 is 61.9 Å². The van der Waals surface area contributed by atoms with E-state index in [0.717, 1.165) is 19.3 Å². The van der Waals surface area contributed by atoms with Gasteiger partial charge in [-0.1, -0.05) is 11.6 Å². The number of halogens is 2. The van der Waals surface area contributed by atoms with Crippen molar-refractivity contribution in [3.63, 3.8) is 0 Å². The fraction of sp³-hybridized carbons (Fsp3) is 0. The van der Waals surface area contributed by atoms with Crippen molar-refractivity contribution in [2.24, 2.45) is 0 Å². The van der Waals surface area contributed by atoms with Crippen LogP contribution in [0, 0.1) is 2.88 Å². The van der Waals surface area contributed by atoms with E-state index >= 15 is 0 Å². The third-order valence-corrected chi connectivity index (χ3v) is 4.33. The molecule has 2 aromatic heterocycles. The van der Waals surface area contributed by atoms with Crippen molar-refractivity contribution in [2.75, 3.05) is 0 Å². The predicted molar refractivity (Wildman–Crippen MR) is 62.7 cm³/mol. The number of aldehydes is 1. The van der Waals surface area contributed by atoms with Crippen molar-refractivity contribution in [2.45, 2.75) is 0 Å². The summed E-state index contributed by atoms with van der Waals surface area (Å²) in [6.07, 6.45) is 2.47. The highest BCUT2D eigenvalue weighted by atomic mass is 127. The van der Waals surface area contributed by atoms with E-state index in [9.17, 15) is 4.79 Å². The highest BCUT2D eigenvalue weighted by molar-refractivity contribution is 14.1. The molecule has 0 amide bonds. The Morgan fingerprint density at radius 2 is 2.38 bits per heavy atom. The molecule has 66 valence electrons. The average molecular weight is 324 g/mol. The topological polar surface area (TPSA) is 30.0 Å². The normalized spacial score (nSPS) is 10.6. The van der Waals surface area contributed by atoms with E-state index in [4.69, 9.17) is 11.6 Å². The largest absolute Gasteiger partial charge is 0.298 e. The van der Waals surface area contributed by atoms with Gasteiger partial charge in [0, 0.05) is 17.1 Å². The summed E-state index contributed by atoms with van der Waals surface area (Å²) in [6.45, 7) is 0. The molecule has 0 unspecified atom stereocenters. The van der Waals surface area contributed by atoms with Crippen LogP contribution in [-0.4, -0.2) is 11.3 Å². The Hall–Kier alpha value is -0.200. The van der Waals surface area contributed by atoms with Crippen LogP contribution >= 0.6 is 45.5 Å². The molecule has 0 aliphatic carbocycles. The van der Waals surface area contributed by atoms with Crippen molar-refractivity contribution < 1.29 is 4.79 Å². The second-order valence-corrected chi connectivity index (χ2v) is 5.58. The van der Waals surface area contributed by atoms with Crippen LogP contribution in [0.5, 0.6) is 0 Å². The van der Waals surface area contributed by atoms with E-state index in [1.165, 1.54) is 11.3 Å². The number of pyridine rings is 1. The van der Waals surface area contributed by atoms with Crippen LogP contribution in [0.1, 0.15) is 10.4 Å². The summed E-state index contributed by atoms with van der Waals surface area (Å²) >= 11 is 9.50. The second-order valence-electron chi connectivity index (χ2n) is 2.39. The van der Waals surface area contributed by atoms with Gasteiger partial charge in [-0.3, -0.25) is 4.79 Å². The number of thiophene rings is 1. The molecule has 5 heteroatoms. The van der Waals surface area contributed by atoms with Gasteiger partial charge in [-0.2, -0.15) is 0 Å². The van der Waals surface area contributed by atoms with Crippen LogP contribution in [0.4, 0.5) is 0 Å². The van der Waals surface area contributed by atoms with Crippen LogP contribution in [0.2, 0.25) is 5.15 Å². The van der Waals surface area contributed by atoms with Crippen molar-refractivity contribution in [1.29, 1.82) is 0 Å². The maximum Gasteiger partial charge on any atom is 0.152 e. The zero-order chi connectivity index (χ0) is 9.42. The Labute approximate surface area is 97.1 Å². The SMILES string of the molecule is O=Cc1c(I)sc2c(Cl)nccc12. The third kappa shape index (κ3) is 1.47. The molecule has 2 rings (SSSR count). The number of carbonyl (C=O) groups excluding carboxylic acids is 1. The molecule has 0 atom stereocenters. The van der Waals surface area contributed by atoms with Gasteiger partial charge >= 0.3 is 0 Å². The molecule has 13 heavy (non-hydrogen) atoms. The standard InChI is InChI=1S/C8H3ClINOS/c9-7-6-4(1-2-11-7)5(3-12)8(10)13-6/h1-3H. The van der Waals surface area contributed by atoms with Gasteiger partial charge in [0.1, 0.15) is 5.15 Å². The first-order chi connectivity index (χ1) is 6.24. The lowest BCUT2D eigenvalue weighted by Gasteiger charge is -1.90. The minimum absolute atomic E-state index is 0.466. The fourth-order valence-corrected chi connectivity index (χ4v) is 3.32. The zero-order valence-corrected chi connectivity index (χ0v) is 9.98. The van der Waals surface area contributed by atoms with Gasteiger partial charge in [-0.05, 0) is 28.7 Å². The van der Waals surface area contributed by atoms with E-state index in [1.54, 1.807) is 6.20 Å². The maximum absolute atomic E-state index is 10.8. The van der Waals surface area contributed by atoms with E-state index in [0.29, 0.717) is 10.7 Å². The summed E-state index contributed by atoms with van der Waals surface area (Å²) in [6, 6.07) is 1.81. The number of hydrogen-bond donors (Lipinski definition) is 0. The number of carbonyl (C=O) groups is 1. The van der Waals surface area contributed by atoms with Crippen molar-refractivity contribution in [1.82, 2.24) is 4.98 Å². The first-order valence-electron chi connectivity index (χ1n) is 3.41. The van der Waals surface area contributed by atoms with Crippen molar-refractivity contribution in [3.05, 3.63) is 25.9 Å². The van der Waals surface area contributed by atoms with E-state index in [1.807, 2.05) is 6.07 Å². The van der Waals surface area contributed by atoms with Gasteiger partial charge in [0.2, 0.25) is 0 Å². The lowest BCUT2D eigenvalue weighted by atomic mass is 10.2. The van der Waals surface area contributed by atoms with Crippen LogP contribution in [-0.2, 0) is 0 Å². The van der Waals surface area contributed by atoms with Crippen LogP contribution in [0.25, 0.3) is 10.1 Å². The molecule has 0 saturated heterocycles. The number of rotatable bonds is 1. The predicted octanol–water partition coefficient (Wildman–Crippen LogP) is 3.37. The summed E-state index contributed by atoms with van der Waals surface area (Å²) in [7, 11) is 0. The summed E-state index contributed by atoms with van der Waals surface area (Å²) in [5.41, 5.74) is 0.713. The minimum Gasteiger partial charge on any atom is -0.298 e. The molecule has 0 bridgehead atoms. The van der Waals surface area contributed by atoms with Crippen LogP contribution in [0.15, 0.2) is 12.3 Å². The van der Waals surface area contributed by atoms with Gasteiger partial charge in [0.25, 0.3) is 0 Å². The van der Waals surface area contributed by atoms with E-state index < -0.39 is 0 Å². The molecule has 0 spiro atoms. The third-order valence-electron chi connectivity index (χ3n) is 1.67. The maximum atomic E-state index is 10.8. The molecule has 0 aromatic carbocycles. The van der Waals surface area contributed by atoms with Crippen molar-refractivity contribution in [3.8, 4) is 0 Å². The van der Waals surface area contributed by atoms with Gasteiger partial charge in [0.05, 0.1) is 7.58 Å². The molecular formula is C8H3ClINOS. The molecule has 2 nitrogen and oxygen atoms in total. The van der Waals surface area contributed by atoms with Gasteiger partial charge in [0.15, 0.2) is 6.29 Å². The highest BCUT2D eigenvalue weighted by Crippen LogP contribution is 2.34. The number of fused-ring (bicyclic) bond motifs is 1. The van der Waals surface area contributed by atoms with E-state index in [2.05, 4.69) is 27.6 Å². The summed E-state index contributed by atoms with van der Waals surface area (Å²) in [5, 5.41) is 1.36. The molecule has 2 heterocycles. The molecule has 0 saturated carbocycles. The Morgan fingerprint density at radius 3 is 3.08 bits per heavy atom. The molecular weight excluding hydrogens is 321 g/mol. The summed E-state index contributed by atoms with van der Waals surface area (Å²) < 4.78 is 1.84. The zero-order valence-electron chi connectivity index (χ0n) is 6.25. The molecule has 0 aliphatic heterocycles. The molecule has 2 aromatic rings. The summed E-state index contributed by atoms with van der Waals surface area (Å²) in [5.74, 6) is 0. The number of aromatic nitrogens is 1. The second kappa shape index (κ2) is 3.51. The van der Waals surface area contributed by atoms with E-state index in [-0.39, 0.29) is 0 Å². The minimum atomic E-state index is 0.466. The van der Waals surface area contributed by atoms with Gasteiger partial charge in [-0.15, -0.1) is 11.3 Å². The number of nitrogens with zero attached hydrogens (tertiary/aromatic N) is 1. The monoisotopic (exact) mass is 323 g/mol. The molecule has 0 aliphatic rings. The molecule has 0 N–H and O–H groups in total. The Balaban J connectivity index is 2.93. The quantitative estimate of drug-likeness (QED) is 0.457. The molecule has 0 fully saturated rings. The Bertz CT molecular complexity index is 482. The highest BCUT2D eigenvalue weighted by Gasteiger charge is 2.11. The van der Waals surface area contributed by atoms with Gasteiger partial charge in [-0.25, -0.2) is 4.98 Å². The van der Waals surface area contributed by atoms with Gasteiger partial charge < -0.3 is 0 Å². The lowest BCUT2D eigenvalue weighted by Crippen LogP contribution is -1.79. The lowest BCUT2D eigenvalue weighted by molar-refractivity contribution is 0.112. The fourth-order valence-electron chi connectivity index (χ4n) is 1.09. The average Bonchev–Trinajstić information content (AvgIpc) is 2.43. The Morgan fingerprint density at radius 1 is 1.62 bits per heavy atom. The molecule has 0 radical (unpaired) electrons. The Kier molecular flexibility index (Phi) is 2.53.